The quantitative estimate of drug-likeness (QED) is 0.404. The van der Waals surface area contributed by atoms with Crippen LogP contribution in [0.4, 0.5) is 27.6 Å². The minimum Gasteiger partial charge on any atom is -0.508 e. The van der Waals surface area contributed by atoms with Crippen LogP contribution >= 0.6 is 0 Å². The molecule has 0 aromatic heterocycles. The van der Waals surface area contributed by atoms with Crippen molar-refractivity contribution in [1.29, 1.82) is 0 Å². The topological polar surface area (TPSA) is 66.4 Å². The van der Waals surface area contributed by atoms with Gasteiger partial charge in [0, 0.05) is 5.39 Å². The third kappa shape index (κ3) is 2.81. The van der Waals surface area contributed by atoms with Gasteiger partial charge in [0.05, 0.1) is 5.69 Å². The maximum atomic E-state index is 13.8. The Morgan fingerprint density at radius 3 is 2.00 bits per heavy atom. The molecular weight excluding hydrogens is 381 g/mol. The summed E-state index contributed by atoms with van der Waals surface area (Å²) in [5.74, 6) is -12.4. The van der Waals surface area contributed by atoms with Gasteiger partial charge in [0.1, 0.15) is 5.75 Å². The highest BCUT2D eigenvalue weighted by molar-refractivity contribution is 7.92. The van der Waals surface area contributed by atoms with E-state index in [9.17, 15) is 35.5 Å². The highest BCUT2D eigenvalue weighted by Gasteiger charge is 2.33. The van der Waals surface area contributed by atoms with E-state index in [-0.39, 0.29) is 16.8 Å². The number of fused-ring (bicyclic) bond motifs is 1. The number of hydrogen-bond acceptors (Lipinski definition) is 3. The zero-order chi connectivity index (χ0) is 19.2. The van der Waals surface area contributed by atoms with Gasteiger partial charge in [0.25, 0.3) is 10.0 Å². The Kier molecular flexibility index (Phi) is 4.23. The van der Waals surface area contributed by atoms with Crippen molar-refractivity contribution in [1.82, 2.24) is 0 Å². The molecule has 0 aliphatic carbocycles. The Hall–Kier alpha value is -2.88. The number of anilines is 1. The van der Waals surface area contributed by atoms with E-state index in [1.165, 1.54) is 30.3 Å². The summed E-state index contributed by atoms with van der Waals surface area (Å²) in [6.45, 7) is 0. The number of hydrogen-bond donors (Lipinski definition) is 2. The third-order valence-electron chi connectivity index (χ3n) is 3.55. The molecule has 3 rings (SSSR count). The normalized spacial score (nSPS) is 11.7. The van der Waals surface area contributed by atoms with Gasteiger partial charge in [0.2, 0.25) is 5.82 Å². The third-order valence-corrected chi connectivity index (χ3v) is 4.93. The molecule has 3 aromatic rings. The predicted molar refractivity (Wildman–Crippen MR) is 82.7 cm³/mol. The molecule has 4 nitrogen and oxygen atoms in total. The largest absolute Gasteiger partial charge is 0.508 e. The zero-order valence-corrected chi connectivity index (χ0v) is 13.3. The molecule has 0 saturated heterocycles. The molecule has 2 N–H and O–H groups in total. The molecule has 0 aliphatic rings. The Bertz CT molecular complexity index is 1120. The number of phenolic OH excluding ortho intramolecular Hbond substituents is 1. The van der Waals surface area contributed by atoms with Crippen LogP contribution in [0.5, 0.6) is 5.75 Å². The van der Waals surface area contributed by atoms with Crippen molar-refractivity contribution in [2.75, 3.05) is 4.72 Å². The maximum absolute atomic E-state index is 13.8. The summed E-state index contributed by atoms with van der Waals surface area (Å²) in [7, 11) is -5.17. The summed E-state index contributed by atoms with van der Waals surface area (Å²) < 4.78 is 93.6. The molecule has 0 amide bonds. The van der Waals surface area contributed by atoms with E-state index < -0.39 is 44.0 Å². The van der Waals surface area contributed by atoms with E-state index >= 15 is 0 Å². The zero-order valence-electron chi connectivity index (χ0n) is 12.5. The molecule has 0 radical (unpaired) electrons. The Labute approximate surface area is 143 Å². The van der Waals surface area contributed by atoms with Crippen LogP contribution in [0, 0.1) is 29.1 Å². The van der Waals surface area contributed by atoms with Gasteiger partial charge in [-0.05, 0) is 23.6 Å². The fraction of sp³-hybridized carbons (Fsp3) is 0. The molecule has 0 saturated carbocycles. The average Bonchev–Trinajstić information content (AvgIpc) is 2.58. The number of sulfonamides is 1. The van der Waals surface area contributed by atoms with Gasteiger partial charge in [-0.2, -0.15) is 0 Å². The fourth-order valence-corrected chi connectivity index (χ4v) is 3.59. The summed E-state index contributed by atoms with van der Waals surface area (Å²) in [4.78, 5) is -1.99. The molecule has 0 bridgehead atoms. The first-order valence-corrected chi connectivity index (χ1v) is 8.38. The molecule has 0 spiro atoms. The van der Waals surface area contributed by atoms with E-state index in [4.69, 9.17) is 0 Å². The van der Waals surface area contributed by atoms with E-state index in [1.54, 1.807) is 10.8 Å². The molecule has 10 heteroatoms. The van der Waals surface area contributed by atoms with Crippen LogP contribution < -0.4 is 4.72 Å². The smallest absolute Gasteiger partial charge is 0.268 e. The van der Waals surface area contributed by atoms with Gasteiger partial charge >= 0.3 is 0 Å². The van der Waals surface area contributed by atoms with Crippen LogP contribution in [-0.2, 0) is 10.0 Å². The van der Waals surface area contributed by atoms with Crippen LogP contribution in [0.25, 0.3) is 10.8 Å². The molecule has 0 unspecified atom stereocenters. The molecule has 26 heavy (non-hydrogen) atoms. The van der Waals surface area contributed by atoms with E-state index in [1.807, 2.05) is 0 Å². The van der Waals surface area contributed by atoms with Gasteiger partial charge in [-0.1, -0.05) is 18.2 Å². The van der Waals surface area contributed by atoms with E-state index in [0.717, 1.165) is 0 Å². The van der Waals surface area contributed by atoms with Gasteiger partial charge < -0.3 is 5.11 Å². The molecule has 0 heterocycles. The van der Waals surface area contributed by atoms with Crippen molar-refractivity contribution >= 4 is 26.5 Å². The minimum absolute atomic E-state index is 0.153. The Balaban J connectivity index is 2.20. The molecule has 0 fully saturated rings. The van der Waals surface area contributed by atoms with Gasteiger partial charge in [-0.3, -0.25) is 4.72 Å². The summed E-state index contributed by atoms with van der Waals surface area (Å²) in [5.41, 5.74) is -0.220. The molecule has 0 atom stereocenters. The lowest BCUT2D eigenvalue weighted by atomic mass is 10.1. The lowest BCUT2D eigenvalue weighted by Crippen LogP contribution is -2.19. The Morgan fingerprint density at radius 2 is 1.38 bits per heavy atom. The van der Waals surface area contributed by atoms with Crippen LogP contribution in [0.1, 0.15) is 0 Å². The van der Waals surface area contributed by atoms with Gasteiger partial charge in [-0.25, -0.2) is 30.4 Å². The van der Waals surface area contributed by atoms with Gasteiger partial charge in [0.15, 0.2) is 28.2 Å². The van der Waals surface area contributed by atoms with Crippen molar-refractivity contribution in [3.8, 4) is 5.75 Å². The number of phenols is 1. The first kappa shape index (κ1) is 17.9. The van der Waals surface area contributed by atoms with Crippen LogP contribution in [0.2, 0.25) is 0 Å². The number of nitrogens with one attached hydrogen (secondary N) is 1. The van der Waals surface area contributed by atoms with Crippen LogP contribution in [-0.4, -0.2) is 13.5 Å². The van der Waals surface area contributed by atoms with Crippen molar-refractivity contribution in [3.05, 3.63) is 65.5 Å². The second-order valence-corrected chi connectivity index (χ2v) is 6.83. The van der Waals surface area contributed by atoms with Gasteiger partial charge in [-0.15, -0.1) is 0 Å². The summed E-state index contributed by atoms with van der Waals surface area (Å²) in [6, 6.07) is 8.10. The number of benzene rings is 3. The summed E-state index contributed by atoms with van der Waals surface area (Å²) >= 11 is 0. The molecule has 136 valence electrons. The number of halogens is 5. The second kappa shape index (κ2) is 6.13. The maximum Gasteiger partial charge on any atom is 0.268 e. The van der Waals surface area contributed by atoms with Crippen molar-refractivity contribution in [3.63, 3.8) is 0 Å². The van der Waals surface area contributed by atoms with Crippen molar-refractivity contribution < 1.29 is 35.5 Å². The standard InChI is InChI=1S/C16H8F5NO3S/c17-11-12(18)14(20)16(15(21)13(11)19)26(24,25)22-10-3-1-2-7-4-5-8(23)6-9(7)10/h1-6,22-23H. The fourth-order valence-electron chi connectivity index (χ4n) is 2.37. The van der Waals surface area contributed by atoms with Crippen LogP contribution in [0.15, 0.2) is 41.3 Å². The van der Waals surface area contributed by atoms with Crippen molar-refractivity contribution in [2.24, 2.45) is 0 Å². The van der Waals surface area contributed by atoms with Crippen molar-refractivity contribution in [2.45, 2.75) is 4.90 Å². The molecule has 0 aliphatic heterocycles. The first-order chi connectivity index (χ1) is 12.1. The molecule has 3 aromatic carbocycles. The SMILES string of the molecule is O=S(=O)(Nc1cccc2ccc(O)cc12)c1c(F)c(F)c(F)c(F)c1F. The predicted octanol–water partition coefficient (Wildman–Crippen LogP) is 4.04. The minimum atomic E-state index is -5.17. The lowest BCUT2D eigenvalue weighted by molar-refractivity contribution is 0.358. The van der Waals surface area contributed by atoms with E-state index in [0.29, 0.717) is 5.39 Å². The summed E-state index contributed by atoms with van der Waals surface area (Å²) in [6.07, 6.45) is 0. The van der Waals surface area contributed by atoms with E-state index in [2.05, 4.69) is 0 Å². The Morgan fingerprint density at radius 1 is 0.808 bits per heavy atom. The monoisotopic (exact) mass is 389 g/mol. The average molecular weight is 389 g/mol. The van der Waals surface area contributed by atoms with Crippen LogP contribution in [0.3, 0.4) is 0 Å². The first-order valence-electron chi connectivity index (χ1n) is 6.89. The second-order valence-electron chi connectivity index (χ2n) is 5.22. The number of rotatable bonds is 3. The highest BCUT2D eigenvalue weighted by atomic mass is 32.2. The number of aromatic hydroxyl groups is 1. The highest BCUT2D eigenvalue weighted by Crippen LogP contribution is 2.31. The lowest BCUT2D eigenvalue weighted by Gasteiger charge is -2.13. The summed E-state index contributed by atoms with van der Waals surface area (Å²) in [5, 5.41) is 10.1. The molecular formula is C16H8F5NO3S.